The first-order valence-electron chi connectivity index (χ1n) is 10.2. The average molecular weight is 434 g/mol. The minimum absolute atomic E-state index is 0.0000422. The molecule has 0 aromatic heterocycles. The third-order valence-corrected chi connectivity index (χ3v) is 6.24. The number of nitrogens with zero attached hydrogens (tertiary/aromatic N) is 2. The smallest absolute Gasteiger partial charge is 0.224 e. The van der Waals surface area contributed by atoms with E-state index in [1.165, 1.54) is 6.92 Å². The summed E-state index contributed by atoms with van der Waals surface area (Å²) in [6.45, 7) is 7.56. The van der Waals surface area contributed by atoms with Crippen LogP contribution in [0.3, 0.4) is 0 Å². The topological polar surface area (TPSA) is 73.2 Å². The van der Waals surface area contributed by atoms with Crippen LogP contribution in [0.4, 0.5) is 11.4 Å². The Hall–Kier alpha value is -3.10. The third kappa shape index (κ3) is 3.73. The minimum atomic E-state index is -0.647. The molecule has 158 valence electrons. The van der Waals surface area contributed by atoms with E-state index in [0.29, 0.717) is 45.9 Å². The number of aryl methyl sites for hydroxylation is 1. The number of allylic oxidation sites excluding steroid dienone is 1. The van der Waals surface area contributed by atoms with Crippen molar-refractivity contribution in [3.8, 4) is 6.07 Å². The van der Waals surface area contributed by atoms with Crippen molar-refractivity contribution in [2.45, 2.75) is 46.6 Å². The van der Waals surface area contributed by atoms with Crippen molar-refractivity contribution in [2.24, 2.45) is 5.41 Å². The van der Waals surface area contributed by atoms with Crippen molar-refractivity contribution in [3.63, 3.8) is 0 Å². The molecule has 1 atom stereocenters. The summed E-state index contributed by atoms with van der Waals surface area (Å²) < 4.78 is 0. The number of nitriles is 1. The number of Topliss-reactive ketones (excluding diaryl/α,β-unsaturated/α-hetero) is 1. The molecule has 0 saturated carbocycles. The first-order chi connectivity index (χ1) is 14.6. The lowest BCUT2D eigenvalue weighted by Crippen LogP contribution is -2.38. The molecule has 31 heavy (non-hydrogen) atoms. The van der Waals surface area contributed by atoms with Crippen LogP contribution in [-0.2, 0) is 9.59 Å². The summed E-state index contributed by atoms with van der Waals surface area (Å²) in [5.41, 5.74) is 4.57. The lowest BCUT2D eigenvalue weighted by atomic mass is 9.73. The summed E-state index contributed by atoms with van der Waals surface area (Å²) in [4.78, 5) is 28.1. The van der Waals surface area contributed by atoms with E-state index >= 15 is 0 Å². The van der Waals surface area contributed by atoms with Gasteiger partial charge in [0, 0.05) is 29.6 Å². The number of amides is 1. The van der Waals surface area contributed by atoms with E-state index in [2.05, 4.69) is 25.2 Å². The highest BCUT2D eigenvalue weighted by Crippen LogP contribution is 2.49. The first kappa shape index (κ1) is 21.1. The quantitative estimate of drug-likeness (QED) is 0.627. The van der Waals surface area contributed by atoms with Gasteiger partial charge in [-0.2, -0.15) is 5.26 Å². The van der Waals surface area contributed by atoms with Gasteiger partial charge in [-0.05, 0) is 54.2 Å². The second-order valence-electron chi connectivity index (χ2n) is 9.12. The Morgan fingerprint density at radius 2 is 1.97 bits per heavy atom. The number of carbonyl (C=O) groups excluding carboxylic acids is 2. The Balaban J connectivity index is 2.05. The van der Waals surface area contributed by atoms with Crippen LogP contribution in [0.2, 0.25) is 5.02 Å². The summed E-state index contributed by atoms with van der Waals surface area (Å²) in [5, 5.41) is 13.3. The molecule has 1 heterocycles. The Labute approximate surface area is 187 Å². The van der Waals surface area contributed by atoms with Gasteiger partial charge in [0.25, 0.3) is 0 Å². The largest absolute Gasteiger partial charge is 0.357 e. The molecule has 1 N–H and O–H groups in total. The summed E-state index contributed by atoms with van der Waals surface area (Å²) in [6, 6.07) is 12.3. The lowest BCUT2D eigenvalue weighted by Gasteiger charge is -2.37. The van der Waals surface area contributed by atoms with Crippen LogP contribution in [0, 0.1) is 23.7 Å². The molecule has 1 aliphatic carbocycles. The van der Waals surface area contributed by atoms with Crippen LogP contribution >= 0.6 is 11.6 Å². The number of rotatable bonds is 1. The van der Waals surface area contributed by atoms with Gasteiger partial charge in [0.05, 0.1) is 29.0 Å². The monoisotopic (exact) mass is 433 g/mol. The predicted octanol–water partition coefficient (Wildman–Crippen LogP) is 5.68. The van der Waals surface area contributed by atoms with Crippen LogP contribution in [0.1, 0.15) is 56.3 Å². The molecule has 1 amide bonds. The van der Waals surface area contributed by atoms with E-state index in [1.54, 1.807) is 23.1 Å². The predicted molar refractivity (Wildman–Crippen MR) is 122 cm³/mol. The molecule has 0 radical (unpaired) electrons. The molecule has 6 heteroatoms. The van der Waals surface area contributed by atoms with E-state index in [9.17, 15) is 14.9 Å². The number of hydrogen-bond donors (Lipinski definition) is 1. The van der Waals surface area contributed by atoms with Crippen molar-refractivity contribution in [1.29, 1.82) is 5.26 Å². The number of hydrogen-bond acceptors (Lipinski definition) is 4. The Morgan fingerprint density at radius 1 is 1.23 bits per heavy atom. The second-order valence-corrected chi connectivity index (χ2v) is 9.53. The lowest BCUT2D eigenvalue weighted by molar-refractivity contribution is -0.118. The van der Waals surface area contributed by atoms with E-state index < -0.39 is 6.04 Å². The fourth-order valence-electron chi connectivity index (χ4n) is 4.61. The van der Waals surface area contributed by atoms with Gasteiger partial charge in [-0.15, -0.1) is 0 Å². The number of halogens is 1. The van der Waals surface area contributed by atoms with Crippen LogP contribution in [-0.4, -0.2) is 11.7 Å². The van der Waals surface area contributed by atoms with Crippen molar-refractivity contribution in [3.05, 3.63) is 69.4 Å². The molecular weight excluding hydrogens is 410 g/mol. The molecule has 0 spiro atoms. The minimum Gasteiger partial charge on any atom is -0.357 e. The zero-order valence-electron chi connectivity index (χ0n) is 18.0. The Morgan fingerprint density at radius 3 is 2.61 bits per heavy atom. The molecule has 4 rings (SSSR count). The van der Waals surface area contributed by atoms with Crippen LogP contribution < -0.4 is 10.2 Å². The fourth-order valence-corrected chi connectivity index (χ4v) is 4.95. The summed E-state index contributed by atoms with van der Waals surface area (Å²) >= 11 is 6.66. The molecule has 5 nitrogen and oxygen atoms in total. The molecule has 0 bridgehead atoms. The van der Waals surface area contributed by atoms with E-state index in [0.717, 1.165) is 11.3 Å². The second kappa shape index (κ2) is 7.55. The standard InChI is InChI=1S/C25H24ClN3O2/c1-14-5-7-17(18(26)9-14)24-23-20(11-25(3,4)12-22(23)31)28-19-10-16(13-27)6-8-21(19)29(24)15(2)30/h5-10,24,28H,11-12H2,1-4H3. The normalized spacial score (nSPS) is 19.7. The van der Waals surface area contributed by atoms with Crippen LogP contribution in [0.5, 0.6) is 0 Å². The fraction of sp³-hybridized carbons (Fsp3) is 0.320. The van der Waals surface area contributed by atoms with Gasteiger partial charge in [-0.25, -0.2) is 0 Å². The SMILES string of the molecule is CC(=O)N1c2ccc(C#N)cc2NC2=C(C(=O)CC(C)(C)C2)C1c1ccc(C)cc1Cl. The molecular formula is C25H24ClN3O2. The molecule has 1 aliphatic heterocycles. The van der Waals surface area contributed by atoms with Gasteiger partial charge < -0.3 is 5.32 Å². The zero-order chi connectivity index (χ0) is 22.5. The van der Waals surface area contributed by atoms with Gasteiger partial charge in [-0.1, -0.05) is 37.6 Å². The first-order valence-corrected chi connectivity index (χ1v) is 10.6. The van der Waals surface area contributed by atoms with Gasteiger partial charge >= 0.3 is 0 Å². The van der Waals surface area contributed by atoms with E-state index in [4.69, 9.17) is 11.6 Å². The number of ketones is 1. The van der Waals surface area contributed by atoms with Gasteiger partial charge in [0.15, 0.2) is 5.78 Å². The Kier molecular flexibility index (Phi) is 5.15. The summed E-state index contributed by atoms with van der Waals surface area (Å²) in [7, 11) is 0. The number of nitrogens with one attached hydrogen (secondary N) is 1. The number of carbonyl (C=O) groups is 2. The number of anilines is 2. The number of benzene rings is 2. The van der Waals surface area contributed by atoms with Crippen LogP contribution in [0.15, 0.2) is 47.7 Å². The average Bonchev–Trinajstić information content (AvgIpc) is 2.80. The summed E-state index contributed by atoms with van der Waals surface area (Å²) in [5.74, 6) is -0.208. The maximum absolute atomic E-state index is 13.5. The summed E-state index contributed by atoms with van der Waals surface area (Å²) in [6.07, 6.45) is 1.04. The van der Waals surface area contributed by atoms with Crippen molar-refractivity contribution in [2.75, 3.05) is 10.2 Å². The molecule has 0 saturated heterocycles. The van der Waals surface area contributed by atoms with Crippen molar-refractivity contribution in [1.82, 2.24) is 0 Å². The Bertz CT molecular complexity index is 1190. The zero-order valence-corrected chi connectivity index (χ0v) is 18.8. The van der Waals surface area contributed by atoms with Gasteiger partial charge in [0.2, 0.25) is 5.91 Å². The van der Waals surface area contributed by atoms with E-state index in [-0.39, 0.29) is 17.1 Å². The molecule has 1 unspecified atom stereocenters. The highest BCUT2D eigenvalue weighted by Gasteiger charge is 2.43. The third-order valence-electron chi connectivity index (χ3n) is 5.91. The van der Waals surface area contributed by atoms with E-state index in [1.807, 2.05) is 25.1 Å². The van der Waals surface area contributed by atoms with Crippen LogP contribution in [0.25, 0.3) is 0 Å². The molecule has 2 aromatic rings. The highest BCUT2D eigenvalue weighted by molar-refractivity contribution is 6.31. The van der Waals surface area contributed by atoms with Gasteiger partial charge in [0.1, 0.15) is 0 Å². The van der Waals surface area contributed by atoms with Gasteiger partial charge in [-0.3, -0.25) is 14.5 Å². The highest BCUT2D eigenvalue weighted by atomic mass is 35.5. The molecule has 2 aromatic carbocycles. The maximum atomic E-state index is 13.5. The maximum Gasteiger partial charge on any atom is 0.224 e. The number of fused-ring (bicyclic) bond motifs is 1. The molecule has 0 fully saturated rings. The van der Waals surface area contributed by atoms with Crippen molar-refractivity contribution < 1.29 is 9.59 Å². The van der Waals surface area contributed by atoms with Crippen molar-refractivity contribution >= 4 is 34.7 Å². The molecule has 2 aliphatic rings.